The van der Waals surface area contributed by atoms with Crippen LogP contribution in [-0.4, -0.2) is 10.9 Å². The Balaban J connectivity index is 1.60. The normalized spacial score (nSPS) is 14.9. The Morgan fingerprint density at radius 2 is 2.28 bits per heavy atom. The van der Waals surface area contributed by atoms with Crippen LogP contribution in [0, 0.1) is 0 Å². The number of anilines is 2. The molecule has 0 radical (unpaired) electrons. The molecule has 2 heterocycles. The molecule has 2 aromatic rings. The number of nitrogen functional groups attached to an aromatic ring is 1. The molecule has 1 aliphatic carbocycles. The Morgan fingerprint density at radius 3 is 2.94 bits per heavy atom. The molecule has 1 saturated carbocycles. The van der Waals surface area contributed by atoms with Crippen molar-refractivity contribution in [2.75, 3.05) is 17.6 Å². The lowest BCUT2D eigenvalue weighted by molar-refractivity contribution is 1.04. The van der Waals surface area contributed by atoms with E-state index >= 15 is 0 Å². The largest absolute Gasteiger partial charge is 0.383 e. The quantitative estimate of drug-likeness (QED) is 0.859. The molecule has 6 heteroatoms. The Kier molecular flexibility index (Phi) is 3.59. The third kappa shape index (κ3) is 2.70. The molecule has 3 N–H and O–H groups in total. The lowest BCUT2D eigenvalue weighted by Crippen LogP contribution is -2.04. The summed E-state index contributed by atoms with van der Waals surface area (Å²) in [5.74, 6) is 1.38. The second kappa shape index (κ2) is 5.19. The summed E-state index contributed by atoms with van der Waals surface area (Å²) in [6, 6.07) is 4.26. The lowest BCUT2D eigenvalue weighted by atomic mass is 10.2. The second-order valence-corrected chi connectivity index (χ2v) is 7.79. The Labute approximate surface area is 123 Å². The van der Waals surface area contributed by atoms with Crippen LogP contribution in [-0.2, 0) is 6.42 Å². The van der Waals surface area contributed by atoms with E-state index in [9.17, 15) is 0 Å². The SMILES string of the molecule is Nc1nsc(NCCc2ccc(Br)s2)c1C1CC1. The molecule has 2 aromatic heterocycles. The Morgan fingerprint density at radius 1 is 1.44 bits per heavy atom. The van der Waals surface area contributed by atoms with Crippen LogP contribution < -0.4 is 11.1 Å². The number of rotatable bonds is 5. The summed E-state index contributed by atoms with van der Waals surface area (Å²) in [4.78, 5) is 1.39. The van der Waals surface area contributed by atoms with Gasteiger partial charge >= 0.3 is 0 Å². The van der Waals surface area contributed by atoms with E-state index in [4.69, 9.17) is 5.73 Å². The molecule has 18 heavy (non-hydrogen) atoms. The van der Waals surface area contributed by atoms with Crippen molar-refractivity contribution < 1.29 is 0 Å². The van der Waals surface area contributed by atoms with E-state index in [0.29, 0.717) is 5.92 Å². The van der Waals surface area contributed by atoms with Crippen molar-refractivity contribution in [2.45, 2.75) is 25.2 Å². The summed E-state index contributed by atoms with van der Waals surface area (Å²) in [5.41, 5.74) is 7.18. The maximum Gasteiger partial charge on any atom is 0.142 e. The summed E-state index contributed by atoms with van der Waals surface area (Å²) in [6.45, 7) is 0.939. The highest BCUT2D eigenvalue weighted by molar-refractivity contribution is 9.11. The standard InChI is InChI=1S/C12H14BrN3S2/c13-9-4-3-8(17-9)5-6-15-12-10(7-1-2-7)11(14)16-18-12/h3-4,7,15H,1-2,5-6H2,(H2,14,16). The van der Waals surface area contributed by atoms with Crippen LogP contribution in [0.3, 0.4) is 0 Å². The van der Waals surface area contributed by atoms with Gasteiger partial charge in [-0.3, -0.25) is 0 Å². The van der Waals surface area contributed by atoms with Gasteiger partial charge in [0.05, 0.1) is 3.79 Å². The van der Waals surface area contributed by atoms with Crippen LogP contribution in [0.1, 0.15) is 29.2 Å². The highest BCUT2D eigenvalue weighted by Crippen LogP contribution is 2.47. The van der Waals surface area contributed by atoms with Crippen molar-refractivity contribution in [1.29, 1.82) is 0 Å². The summed E-state index contributed by atoms with van der Waals surface area (Å²) in [5, 5.41) is 4.65. The third-order valence-electron chi connectivity index (χ3n) is 3.03. The smallest absolute Gasteiger partial charge is 0.142 e. The van der Waals surface area contributed by atoms with Crippen molar-refractivity contribution in [3.05, 3.63) is 26.4 Å². The van der Waals surface area contributed by atoms with Crippen molar-refractivity contribution in [3.63, 3.8) is 0 Å². The molecule has 1 fully saturated rings. The third-order valence-corrected chi connectivity index (χ3v) is 5.55. The highest BCUT2D eigenvalue weighted by Gasteiger charge is 2.30. The molecule has 1 aliphatic rings. The predicted octanol–water partition coefficient (Wildman–Crippen LogP) is 4.08. The fourth-order valence-electron chi connectivity index (χ4n) is 1.99. The van der Waals surface area contributed by atoms with E-state index in [1.165, 1.54) is 43.6 Å². The van der Waals surface area contributed by atoms with Crippen LogP contribution in [0.2, 0.25) is 0 Å². The van der Waals surface area contributed by atoms with Gasteiger partial charge in [0.2, 0.25) is 0 Å². The van der Waals surface area contributed by atoms with Crippen molar-refractivity contribution in [2.24, 2.45) is 0 Å². The average Bonchev–Trinajstić information content (AvgIpc) is 2.99. The fraction of sp³-hybridized carbons (Fsp3) is 0.417. The van der Waals surface area contributed by atoms with E-state index in [1.54, 1.807) is 11.3 Å². The van der Waals surface area contributed by atoms with E-state index < -0.39 is 0 Å². The van der Waals surface area contributed by atoms with E-state index in [1.807, 2.05) is 0 Å². The van der Waals surface area contributed by atoms with Crippen LogP contribution in [0.15, 0.2) is 15.9 Å². The maximum atomic E-state index is 5.92. The molecule has 0 aliphatic heterocycles. The van der Waals surface area contributed by atoms with Gasteiger partial charge in [-0.25, -0.2) is 0 Å². The molecule has 0 unspecified atom stereocenters. The summed E-state index contributed by atoms with van der Waals surface area (Å²) in [7, 11) is 0. The van der Waals surface area contributed by atoms with Gasteiger partial charge in [-0.1, -0.05) is 0 Å². The Bertz CT molecular complexity index is 545. The predicted molar refractivity (Wildman–Crippen MR) is 82.7 cm³/mol. The van der Waals surface area contributed by atoms with Crippen molar-refractivity contribution in [3.8, 4) is 0 Å². The topological polar surface area (TPSA) is 50.9 Å². The van der Waals surface area contributed by atoms with Crippen LogP contribution in [0.5, 0.6) is 0 Å². The van der Waals surface area contributed by atoms with Crippen LogP contribution >= 0.6 is 38.8 Å². The molecule has 96 valence electrons. The van der Waals surface area contributed by atoms with Gasteiger partial charge in [0.25, 0.3) is 0 Å². The number of thiophene rings is 1. The van der Waals surface area contributed by atoms with E-state index in [0.717, 1.165) is 18.8 Å². The first-order chi connectivity index (χ1) is 8.74. The van der Waals surface area contributed by atoms with Crippen molar-refractivity contribution >= 4 is 49.6 Å². The lowest BCUT2D eigenvalue weighted by Gasteiger charge is -2.05. The Hall–Kier alpha value is -0.590. The maximum absolute atomic E-state index is 5.92. The zero-order chi connectivity index (χ0) is 12.5. The molecule has 3 rings (SSSR count). The first-order valence-electron chi connectivity index (χ1n) is 5.97. The molecule has 0 atom stereocenters. The van der Waals surface area contributed by atoms with Gasteiger partial charge in [-0.15, -0.1) is 11.3 Å². The number of halogens is 1. The minimum Gasteiger partial charge on any atom is -0.383 e. The summed E-state index contributed by atoms with van der Waals surface area (Å²) in [6.07, 6.45) is 3.56. The molecule has 0 bridgehead atoms. The van der Waals surface area contributed by atoms with Crippen molar-refractivity contribution in [1.82, 2.24) is 4.37 Å². The first kappa shape index (κ1) is 12.4. The number of aromatic nitrogens is 1. The molecule has 0 aromatic carbocycles. The van der Waals surface area contributed by atoms with Gasteiger partial charge < -0.3 is 11.1 Å². The zero-order valence-corrected chi connectivity index (χ0v) is 13.0. The van der Waals surface area contributed by atoms with Gasteiger partial charge in [0.1, 0.15) is 10.8 Å². The molecule has 3 nitrogen and oxygen atoms in total. The average molecular weight is 344 g/mol. The van der Waals surface area contributed by atoms with Gasteiger partial charge in [0.15, 0.2) is 0 Å². The number of nitrogens with two attached hydrogens (primary N) is 1. The van der Waals surface area contributed by atoms with E-state index in [2.05, 4.69) is 37.8 Å². The highest BCUT2D eigenvalue weighted by atomic mass is 79.9. The minimum absolute atomic E-state index is 0.655. The van der Waals surface area contributed by atoms with Crippen LogP contribution in [0.25, 0.3) is 0 Å². The number of hydrogen-bond acceptors (Lipinski definition) is 5. The number of nitrogens with one attached hydrogen (secondary N) is 1. The number of nitrogens with zero attached hydrogens (tertiary/aromatic N) is 1. The van der Waals surface area contributed by atoms with Gasteiger partial charge in [-0.2, -0.15) is 4.37 Å². The van der Waals surface area contributed by atoms with Gasteiger partial charge in [-0.05, 0) is 64.8 Å². The fourth-order valence-corrected chi connectivity index (χ4v) is 4.30. The molecular formula is C12H14BrN3S2. The molecule has 0 spiro atoms. The monoisotopic (exact) mass is 343 g/mol. The molecule has 0 amide bonds. The van der Waals surface area contributed by atoms with E-state index in [-0.39, 0.29) is 0 Å². The second-order valence-electron chi connectivity index (χ2n) is 4.47. The van der Waals surface area contributed by atoms with Crippen LogP contribution in [0.4, 0.5) is 10.8 Å². The zero-order valence-electron chi connectivity index (χ0n) is 9.78. The minimum atomic E-state index is 0.655. The molecule has 0 saturated heterocycles. The number of hydrogen-bond donors (Lipinski definition) is 2. The van der Waals surface area contributed by atoms with Gasteiger partial charge in [0, 0.05) is 17.0 Å². The first-order valence-corrected chi connectivity index (χ1v) is 8.35. The summed E-state index contributed by atoms with van der Waals surface area (Å²) >= 11 is 6.77. The molecular weight excluding hydrogens is 330 g/mol. The summed E-state index contributed by atoms with van der Waals surface area (Å²) < 4.78 is 5.45.